The van der Waals surface area contributed by atoms with Crippen LogP contribution in [0, 0.1) is 11.7 Å². The summed E-state index contributed by atoms with van der Waals surface area (Å²) in [5.74, 6) is -1.49. The van der Waals surface area contributed by atoms with E-state index in [0.29, 0.717) is 22.9 Å². The summed E-state index contributed by atoms with van der Waals surface area (Å²) in [6, 6.07) is 8.80. The predicted molar refractivity (Wildman–Crippen MR) is 133 cm³/mol. The summed E-state index contributed by atoms with van der Waals surface area (Å²) in [4.78, 5) is 52.5. The molecule has 10 heteroatoms. The smallest absolute Gasteiger partial charge is 0.337 e. The molecule has 2 heterocycles. The van der Waals surface area contributed by atoms with Crippen LogP contribution in [-0.2, 0) is 27.3 Å². The number of Topliss-reactive ketones (excluding diaryl/α,β-unsaturated/α-hetero) is 2. The van der Waals surface area contributed by atoms with E-state index in [2.05, 4.69) is 5.10 Å². The van der Waals surface area contributed by atoms with E-state index in [-0.39, 0.29) is 65.1 Å². The normalized spacial score (nSPS) is 20.1. The van der Waals surface area contributed by atoms with Crippen LogP contribution in [0.4, 0.5) is 4.39 Å². The molecule has 1 aliphatic carbocycles. The molecular formula is C27H25ClFN3O5. The van der Waals surface area contributed by atoms with Crippen molar-refractivity contribution in [2.24, 2.45) is 5.92 Å². The number of aromatic nitrogens is 2. The standard InChI is InChI=1S/C27H25ClFN3O5/c1-14(33)26-18-8-6-16(27(36)37-2)10-21(18)31(30-26)13-24(35)32-20-11-17(20)12-22(32)23(34)9-7-15-4-3-5-19(28)25(15)29/h3-6,8,10,17,20,22H,7,9,11-13H2,1-2H3/t17-,20-,22+/m1/s1. The molecule has 1 aliphatic heterocycles. The summed E-state index contributed by atoms with van der Waals surface area (Å²) < 4.78 is 20.5. The number of aryl methyl sites for hydroxylation is 1. The number of carbonyl (C=O) groups excluding carboxylic acids is 4. The molecule has 1 aromatic heterocycles. The number of esters is 1. The van der Waals surface area contributed by atoms with E-state index in [0.717, 1.165) is 6.42 Å². The monoisotopic (exact) mass is 525 g/mol. The molecule has 3 aromatic rings. The Hall–Kier alpha value is -3.59. The van der Waals surface area contributed by atoms with Crippen LogP contribution < -0.4 is 0 Å². The van der Waals surface area contributed by atoms with Gasteiger partial charge < -0.3 is 9.64 Å². The summed E-state index contributed by atoms with van der Waals surface area (Å²) in [7, 11) is 1.27. The number of fused-ring (bicyclic) bond motifs is 2. The van der Waals surface area contributed by atoms with Crippen LogP contribution in [0.25, 0.3) is 10.9 Å². The highest BCUT2D eigenvalue weighted by molar-refractivity contribution is 6.30. The lowest BCUT2D eigenvalue weighted by Gasteiger charge is -2.27. The van der Waals surface area contributed by atoms with Crippen molar-refractivity contribution < 1.29 is 28.3 Å². The molecule has 0 spiro atoms. The Morgan fingerprint density at radius 3 is 2.68 bits per heavy atom. The number of ether oxygens (including phenoxy) is 1. The zero-order valence-corrected chi connectivity index (χ0v) is 21.1. The maximum atomic E-state index is 14.3. The van der Waals surface area contributed by atoms with Crippen LogP contribution in [0.2, 0.25) is 5.02 Å². The second-order valence-electron chi connectivity index (χ2n) is 9.58. The Balaban J connectivity index is 1.37. The Morgan fingerprint density at radius 2 is 1.95 bits per heavy atom. The van der Waals surface area contributed by atoms with Crippen molar-refractivity contribution in [3.8, 4) is 0 Å². The van der Waals surface area contributed by atoms with E-state index in [1.54, 1.807) is 35.2 Å². The number of methoxy groups -OCH3 is 1. The van der Waals surface area contributed by atoms with Gasteiger partial charge in [0.15, 0.2) is 11.6 Å². The predicted octanol–water partition coefficient (Wildman–Crippen LogP) is 4.01. The van der Waals surface area contributed by atoms with Crippen molar-refractivity contribution >= 4 is 45.9 Å². The van der Waals surface area contributed by atoms with Gasteiger partial charge in [-0.05, 0) is 55.0 Å². The van der Waals surface area contributed by atoms with Gasteiger partial charge >= 0.3 is 5.97 Å². The first-order chi connectivity index (χ1) is 17.7. The van der Waals surface area contributed by atoms with E-state index in [9.17, 15) is 23.6 Å². The van der Waals surface area contributed by atoms with Crippen molar-refractivity contribution in [1.82, 2.24) is 14.7 Å². The minimum Gasteiger partial charge on any atom is -0.465 e. The molecular weight excluding hydrogens is 501 g/mol. The maximum absolute atomic E-state index is 14.3. The van der Waals surface area contributed by atoms with E-state index in [1.165, 1.54) is 24.8 Å². The SMILES string of the molecule is COC(=O)c1ccc2c(C(C)=O)nn(CC(=O)N3[C@@H]4C[C@@H]4C[C@H]3C(=O)CCc3cccc(Cl)c3F)c2c1. The second-order valence-corrected chi connectivity index (χ2v) is 9.99. The van der Waals surface area contributed by atoms with Crippen molar-refractivity contribution in [3.63, 3.8) is 0 Å². The van der Waals surface area contributed by atoms with E-state index < -0.39 is 17.8 Å². The van der Waals surface area contributed by atoms with Crippen molar-refractivity contribution in [2.75, 3.05) is 7.11 Å². The quantitative estimate of drug-likeness (QED) is 0.325. The summed E-state index contributed by atoms with van der Waals surface area (Å²) >= 11 is 5.85. The molecule has 0 radical (unpaired) electrons. The van der Waals surface area contributed by atoms with Crippen LogP contribution in [-0.4, -0.2) is 57.3 Å². The fourth-order valence-corrected chi connectivity index (χ4v) is 5.47. The molecule has 5 rings (SSSR count). The van der Waals surface area contributed by atoms with Gasteiger partial charge in [0.05, 0.1) is 29.3 Å². The number of rotatable bonds is 8. The number of halogens is 2. The zero-order chi connectivity index (χ0) is 26.4. The largest absolute Gasteiger partial charge is 0.465 e. The van der Waals surface area contributed by atoms with Crippen LogP contribution in [0.3, 0.4) is 0 Å². The first kappa shape index (κ1) is 25.1. The van der Waals surface area contributed by atoms with E-state index >= 15 is 0 Å². The Bertz CT molecular complexity index is 1450. The van der Waals surface area contributed by atoms with Crippen molar-refractivity contribution in [2.45, 2.75) is 51.2 Å². The third-order valence-electron chi connectivity index (χ3n) is 7.23. The number of carbonyl (C=O) groups is 4. The molecule has 1 saturated carbocycles. The van der Waals surface area contributed by atoms with Gasteiger partial charge in [-0.25, -0.2) is 9.18 Å². The second kappa shape index (κ2) is 9.70. The van der Waals surface area contributed by atoms with Crippen LogP contribution >= 0.6 is 11.6 Å². The van der Waals surface area contributed by atoms with Gasteiger partial charge in [0, 0.05) is 24.8 Å². The molecule has 2 aromatic carbocycles. The fourth-order valence-electron chi connectivity index (χ4n) is 5.28. The third-order valence-corrected chi connectivity index (χ3v) is 7.52. The summed E-state index contributed by atoms with van der Waals surface area (Å²) in [5.41, 5.74) is 1.28. The topological polar surface area (TPSA) is 98.6 Å². The number of likely N-dealkylation sites (tertiary alicyclic amines) is 1. The first-order valence-corrected chi connectivity index (χ1v) is 12.4. The molecule has 3 atom stereocenters. The zero-order valence-electron chi connectivity index (χ0n) is 20.4. The summed E-state index contributed by atoms with van der Waals surface area (Å²) in [5, 5.41) is 4.89. The lowest BCUT2D eigenvalue weighted by atomic mass is 10.00. The Labute approximate surface area is 217 Å². The Kier molecular flexibility index (Phi) is 6.58. The number of nitrogens with zero attached hydrogens (tertiary/aromatic N) is 3. The number of hydrogen-bond acceptors (Lipinski definition) is 6. The minimum atomic E-state index is -0.585. The highest BCUT2D eigenvalue weighted by Crippen LogP contribution is 2.48. The number of amides is 1. The molecule has 2 aliphatic rings. The number of hydrogen-bond donors (Lipinski definition) is 0. The lowest BCUT2D eigenvalue weighted by Crippen LogP contribution is -2.44. The van der Waals surface area contributed by atoms with E-state index in [4.69, 9.17) is 16.3 Å². The molecule has 1 amide bonds. The van der Waals surface area contributed by atoms with Gasteiger partial charge in [-0.1, -0.05) is 23.7 Å². The molecule has 2 fully saturated rings. The molecule has 37 heavy (non-hydrogen) atoms. The van der Waals surface area contributed by atoms with Gasteiger partial charge in [-0.3, -0.25) is 19.1 Å². The molecule has 0 unspecified atom stereocenters. The number of ketones is 2. The van der Waals surface area contributed by atoms with Crippen LogP contribution in [0.5, 0.6) is 0 Å². The lowest BCUT2D eigenvalue weighted by molar-refractivity contribution is -0.139. The molecule has 192 valence electrons. The van der Waals surface area contributed by atoms with Gasteiger partial charge in [-0.15, -0.1) is 0 Å². The maximum Gasteiger partial charge on any atom is 0.337 e. The number of piperidine rings is 1. The van der Waals surface area contributed by atoms with Crippen molar-refractivity contribution in [3.05, 3.63) is 64.1 Å². The molecule has 0 bridgehead atoms. The van der Waals surface area contributed by atoms with Gasteiger partial charge in [0.2, 0.25) is 5.91 Å². The molecule has 8 nitrogen and oxygen atoms in total. The first-order valence-electron chi connectivity index (χ1n) is 12.1. The van der Waals surface area contributed by atoms with Crippen LogP contribution in [0.15, 0.2) is 36.4 Å². The highest BCUT2D eigenvalue weighted by atomic mass is 35.5. The number of benzene rings is 2. The third kappa shape index (κ3) is 4.64. The summed E-state index contributed by atoms with van der Waals surface area (Å²) in [6.07, 6.45) is 1.70. The van der Waals surface area contributed by atoms with E-state index in [1.807, 2.05) is 0 Å². The fraction of sp³-hybridized carbons (Fsp3) is 0.370. The molecule has 1 saturated heterocycles. The highest BCUT2D eigenvalue weighted by Gasteiger charge is 2.55. The van der Waals surface area contributed by atoms with Crippen molar-refractivity contribution in [1.29, 1.82) is 0 Å². The Morgan fingerprint density at radius 1 is 1.16 bits per heavy atom. The van der Waals surface area contributed by atoms with Gasteiger partial charge in [0.1, 0.15) is 18.1 Å². The van der Waals surface area contributed by atoms with Gasteiger partial charge in [0.25, 0.3) is 0 Å². The molecule has 0 N–H and O–H groups in total. The average molecular weight is 526 g/mol. The summed E-state index contributed by atoms with van der Waals surface area (Å²) in [6.45, 7) is 1.19. The van der Waals surface area contributed by atoms with Gasteiger partial charge in [-0.2, -0.15) is 5.10 Å². The van der Waals surface area contributed by atoms with Crippen LogP contribution in [0.1, 0.15) is 52.6 Å². The minimum absolute atomic E-state index is 0.00981. The average Bonchev–Trinajstić information content (AvgIpc) is 3.39.